The quantitative estimate of drug-likeness (QED) is 0.811. The van der Waals surface area contributed by atoms with Crippen molar-refractivity contribution in [1.82, 2.24) is 9.55 Å². The summed E-state index contributed by atoms with van der Waals surface area (Å²) < 4.78 is 1.69. The van der Waals surface area contributed by atoms with Gasteiger partial charge in [0.05, 0.1) is 6.33 Å². The molecule has 17 heavy (non-hydrogen) atoms. The van der Waals surface area contributed by atoms with Gasteiger partial charge in [0.1, 0.15) is 0 Å². The van der Waals surface area contributed by atoms with Crippen LogP contribution in [-0.2, 0) is 6.54 Å². The third-order valence-electron chi connectivity index (χ3n) is 3.01. The molecule has 0 aliphatic carbocycles. The number of nitrogens with zero attached hydrogens (tertiary/aromatic N) is 2. The van der Waals surface area contributed by atoms with Gasteiger partial charge in [-0.3, -0.25) is 9.36 Å². The Morgan fingerprint density at radius 3 is 3.12 bits per heavy atom. The highest BCUT2D eigenvalue weighted by Gasteiger charge is 2.22. The number of hydrogen-bond donors (Lipinski definition) is 0. The first-order chi connectivity index (χ1) is 8.34. The number of thioether (sulfide) groups is 1. The average Bonchev–Trinajstić information content (AvgIpc) is 2.76. The molecule has 0 saturated heterocycles. The molecule has 0 saturated carbocycles. The van der Waals surface area contributed by atoms with Gasteiger partial charge in [0, 0.05) is 35.4 Å². The Bertz CT molecular complexity index is 594. The monoisotopic (exact) mass is 244 g/mol. The zero-order valence-electron chi connectivity index (χ0n) is 9.24. The Balaban J connectivity index is 1.89. The fourth-order valence-electron chi connectivity index (χ4n) is 2.13. The molecule has 1 unspecified atom stereocenters. The highest BCUT2D eigenvalue weighted by atomic mass is 32.2. The van der Waals surface area contributed by atoms with E-state index in [0.29, 0.717) is 5.92 Å². The Hall–Kier alpha value is -1.55. The van der Waals surface area contributed by atoms with Gasteiger partial charge in [-0.1, -0.05) is 18.2 Å². The average molecular weight is 244 g/mol. The van der Waals surface area contributed by atoms with E-state index >= 15 is 0 Å². The zero-order valence-corrected chi connectivity index (χ0v) is 10.1. The first kappa shape index (κ1) is 10.6. The molecule has 1 aromatic carbocycles. The maximum absolute atomic E-state index is 11.6. The van der Waals surface area contributed by atoms with Crippen LogP contribution in [0.4, 0.5) is 0 Å². The van der Waals surface area contributed by atoms with Gasteiger partial charge in [0.25, 0.3) is 5.56 Å². The lowest BCUT2D eigenvalue weighted by Gasteiger charge is -2.11. The highest BCUT2D eigenvalue weighted by Crippen LogP contribution is 2.39. The second-order valence-electron chi connectivity index (χ2n) is 4.12. The van der Waals surface area contributed by atoms with Crippen molar-refractivity contribution in [2.75, 3.05) is 5.75 Å². The van der Waals surface area contributed by atoms with Crippen LogP contribution in [0, 0.1) is 0 Å². The first-order valence-corrected chi connectivity index (χ1v) is 6.55. The number of benzene rings is 1. The van der Waals surface area contributed by atoms with E-state index in [9.17, 15) is 4.79 Å². The minimum absolute atomic E-state index is 0.0226. The van der Waals surface area contributed by atoms with E-state index in [1.165, 1.54) is 22.7 Å². The van der Waals surface area contributed by atoms with Crippen LogP contribution in [-0.4, -0.2) is 15.3 Å². The van der Waals surface area contributed by atoms with Crippen molar-refractivity contribution in [3.63, 3.8) is 0 Å². The third kappa shape index (κ3) is 2.00. The molecule has 1 atom stereocenters. The molecular formula is C13H12N2OS. The molecule has 0 fully saturated rings. The normalized spacial score (nSPS) is 18.0. The molecular weight excluding hydrogens is 232 g/mol. The van der Waals surface area contributed by atoms with Crippen molar-refractivity contribution >= 4 is 11.8 Å². The summed E-state index contributed by atoms with van der Waals surface area (Å²) in [6.07, 6.45) is 3.16. The number of hydrogen-bond acceptors (Lipinski definition) is 3. The molecule has 0 amide bonds. The smallest absolute Gasteiger partial charge is 0.253 e. The second kappa shape index (κ2) is 4.37. The molecule has 0 bridgehead atoms. The summed E-state index contributed by atoms with van der Waals surface area (Å²) in [5, 5.41) is 0. The summed E-state index contributed by atoms with van der Waals surface area (Å²) in [6.45, 7) is 0.719. The number of aromatic nitrogens is 2. The van der Waals surface area contributed by atoms with Gasteiger partial charge in [-0.25, -0.2) is 4.98 Å². The minimum Gasteiger partial charge on any atom is -0.299 e. The Morgan fingerprint density at radius 2 is 2.24 bits per heavy atom. The molecule has 0 spiro atoms. The molecule has 86 valence electrons. The van der Waals surface area contributed by atoms with Gasteiger partial charge in [-0.05, 0) is 11.6 Å². The molecule has 2 heterocycles. The van der Waals surface area contributed by atoms with Crippen LogP contribution in [0.2, 0.25) is 0 Å². The van der Waals surface area contributed by atoms with Crippen LogP contribution in [0.25, 0.3) is 0 Å². The molecule has 1 aliphatic rings. The van der Waals surface area contributed by atoms with Crippen molar-refractivity contribution < 1.29 is 0 Å². The Labute approximate surface area is 104 Å². The van der Waals surface area contributed by atoms with E-state index in [1.807, 2.05) is 11.8 Å². The topological polar surface area (TPSA) is 34.9 Å². The van der Waals surface area contributed by atoms with Crippen molar-refractivity contribution in [3.05, 3.63) is 58.8 Å². The minimum atomic E-state index is 0.0226. The van der Waals surface area contributed by atoms with Crippen LogP contribution < -0.4 is 5.56 Å². The van der Waals surface area contributed by atoms with Gasteiger partial charge >= 0.3 is 0 Å². The molecule has 0 N–H and O–H groups in total. The number of fused-ring (bicyclic) bond motifs is 1. The Kier molecular flexibility index (Phi) is 2.73. The fraction of sp³-hybridized carbons (Fsp3) is 0.231. The molecule has 2 aromatic rings. The van der Waals surface area contributed by atoms with Crippen LogP contribution in [0.15, 0.2) is 52.5 Å². The fourth-order valence-corrected chi connectivity index (χ4v) is 3.38. The predicted molar refractivity (Wildman–Crippen MR) is 68.4 cm³/mol. The third-order valence-corrected chi connectivity index (χ3v) is 4.26. The molecule has 1 aromatic heterocycles. The first-order valence-electron chi connectivity index (χ1n) is 5.57. The van der Waals surface area contributed by atoms with Crippen molar-refractivity contribution in [3.8, 4) is 0 Å². The van der Waals surface area contributed by atoms with Gasteiger partial charge < -0.3 is 0 Å². The van der Waals surface area contributed by atoms with Gasteiger partial charge in [0.2, 0.25) is 0 Å². The Morgan fingerprint density at radius 1 is 1.35 bits per heavy atom. The largest absolute Gasteiger partial charge is 0.299 e. The summed E-state index contributed by atoms with van der Waals surface area (Å²) in [5.41, 5.74) is 1.38. The van der Waals surface area contributed by atoms with Crippen LogP contribution >= 0.6 is 11.8 Å². The van der Waals surface area contributed by atoms with E-state index in [0.717, 1.165) is 12.3 Å². The van der Waals surface area contributed by atoms with Crippen LogP contribution in [0.3, 0.4) is 0 Å². The SMILES string of the molecule is O=c1ccncn1CC1CSc2ccccc21. The van der Waals surface area contributed by atoms with E-state index in [-0.39, 0.29) is 5.56 Å². The lowest BCUT2D eigenvalue weighted by Crippen LogP contribution is -2.22. The summed E-state index contributed by atoms with van der Waals surface area (Å²) in [6, 6.07) is 9.93. The molecule has 1 aliphatic heterocycles. The summed E-state index contributed by atoms with van der Waals surface area (Å²) in [5.74, 6) is 1.46. The summed E-state index contributed by atoms with van der Waals surface area (Å²) in [4.78, 5) is 17.0. The summed E-state index contributed by atoms with van der Waals surface area (Å²) in [7, 11) is 0. The van der Waals surface area contributed by atoms with Crippen LogP contribution in [0.1, 0.15) is 11.5 Å². The maximum Gasteiger partial charge on any atom is 0.253 e. The summed E-state index contributed by atoms with van der Waals surface area (Å²) >= 11 is 1.87. The predicted octanol–water partition coefficient (Wildman–Crippen LogP) is 2.13. The molecule has 3 rings (SSSR count). The maximum atomic E-state index is 11.6. The lowest BCUT2D eigenvalue weighted by molar-refractivity contribution is 0.579. The molecule has 0 radical (unpaired) electrons. The zero-order chi connectivity index (χ0) is 11.7. The van der Waals surface area contributed by atoms with Gasteiger partial charge in [-0.2, -0.15) is 0 Å². The number of rotatable bonds is 2. The van der Waals surface area contributed by atoms with E-state index in [4.69, 9.17) is 0 Å². The standard InChI is InChI=1S/C13H12N2OS/c16-13-5-6-14-9-15(13)7-10-8-17-12-4-2-1-3-11(10)12/h1-6,9-10H,7-8H2. The van der Waals surface area contributed by atoms with Gasteiger partial charge in [0.15, 0.2) is 0 Å². The molecule has 3 nitrogen and oxygen atoms in total. The van der Waals surface area contributed by atoms with Crippen molar-refractivity contribution in [1.29, 1.82) is 0 Å². The van der Waals surface area contributed by atoms with E-state index in [1.54, 1.807) is 10.9 Å². The van der Waals surface area contributed by atoms with Crippen molar-refractivity contribution in [2.45, 2.75) is 17.4 Å². The van der Waals surface area contributed by atoms with Gasteiger partial charge in [-0.15, -0.1) is 11.8 Å². The van der Waals surface area contributed by atoms with Crippen LogP contribution in [0.5, 0.6) is 0 Å². The highest BCUT2D eigenvalue weighted by molar-refractivity contribution is 7.99. The van der Waals surface area contributed by atoms with E-state index in [2.05, 4.69) is 29.2 Å². The lowest BCUT2D eigenvalue weighted by atomic mass is 10.0. The van der Waals surface area contributed by atoms with E-state index < -0.39 is 0 Å². The second-order valence-corrected chi connectivity index (χ2v) is 5.18. The van der Waals surface area contributed by atoms with Crippen molar-refractivity contribution in [2.24, 2.45) is 0 Å². The molecule has 4 heteroatoms.